The number of non-ortho nitro benzene ring substituents is 1. The van der Waals surface area contributed by atoms with E-state index in [2.05, 4.69) is 15.5 Å². The van der Waals surface area contributed by atoms with Crippen LogP contribution in [0.25, 0.3) is 0 Å². The van der Waals surface area contributed by atoms with Gasteiger partial charge in [0.1, 0.15) is 0 Å². The molecule has 0 radical (unpaired) electrons. The Kier molecular flexibility index (Phi) is 8.15. The maximum absolute atomic E-state index is 12.9. The van der Waals surface area contributed by atoms with Crippen molar-refractivity contribution >= 4 is 28.9 Å². The van der Waals surface area contributed by atoms with Gasteiger partial charge in [-0.3, -0.25) is 19.7 Å². The summed E-state index contributed by atoms with van der Waals surface area (Å²) in [6.07, 6.45) is 2.87. The molecule has 1 fully saturated rings. The zero-order chi connectivity index (χ0) is 22.9. The maximum atomic E-state index is 12.9. The van der Waals surface area contributed by atoms with Crippen LogP contribution >= 0.6 is 0 Å². The SMILES string of the molecule is CCOCCCNC(=O)c1cc(NC(=O)c2ccc([N+](=O)[O-])cc2)ccc1N1CCCC1. The monoisotopic (exact) mass is 440 g/mol. The Balaban J connectivity index is 1.74. The molecule has 0 bridgehead atoms. The van der Waals surface area contributed by atoms with E-state index in [9.17, 15) is 19.7 Å². The van der Waals surface area contributed by atoms with Crippen LogP contribution in [0.2, 0.25) is 0 Å². The lowest BCUT2D eigenvalue weighted by Crippen LogP contribution is -2.29. The number of carbonyl (C=O) groups is 2. The zero-order valence-electron chi connectivity index (χ0n) is 18.1. The molecule has 2 amide bonds. The highest BCUT2D eigenvalue weighted by Crippen LogP contribution is 2.28. The number of nitro groups is 1. The van der Waals surface area contributed by atoms with Crippen molar-refractivity contribution in [3.63, 3.8) is 0 Å². The second-order valence-electron chi connectivity index (χ2n) is 7.49. The van der Waals surface area contributed by atoms with Crippen molar-refractivity contribution in [2.75, 3.05) is 43.1 Å². The van der Waals surface area contributed by atoms with Crippen molar-refractivity contribution in [2.24, 2.45) is 0 Å². The molecule has 0 aliphatic carbocycles. The molecule has 0 atom stereocenters. The number of ether oxygens (including phenoxy) is 1. The highest BCUT2D eigenvalue weighted by molar-refractivity contribution is 6.06. The number of anilines is 2. The van der Waals surface area contributed by atoms with Gasteiger partial charge in [0, 0.05) is 61.9 Å². The Hall–Kier alpha value is -3.46. The van der Waals surface area contributed by atoms with Crippen LogP contribution in [-0.4, -0.2) is 49.6 Å². The van der Waals surface area contributed by atoms with Crippen molar-refractivity contribution in [3.05, 3.63) is 63.7 Å². The molecule has 2 N–H and O–H groups in total. The average Bonchev–Trinajstić information content (AvgIpc) is 3.33. The topological polar surface area (TPSA) is 114 Å². The molecule has 9 nitrogen and oxygen atoms in total. The first-order valence-electron chi connectivity index (χ1n) is 10.8. The van der Waals surface area contributed by atoms with Gasteiger partial charge in [0.15, 0.2) is 0 Å². The summed E-state index contributed by atoms with van der Waals surface area (Å²) < 4.78 is 5.31. The van der Waals surface area contributed by atoms with Gasteiger partial charge in [-0.25, -0.2) is 0 Å². The van der Waals surface area contributed by atoms with Gasteiger partial charge in [0.05, 0.1) is 10.5 Å². The lowest BCUT2D eigenvalue weighted by Gasteiger charge is -2.22. The minimum absolute atomic E-state index is 0.0835. The molecule has 0 spiro atoms. The fourth-order valence-electron chi connectivity index (χ4n) is 3.58. The molecule has 3 rings (SSSR count). The predicted molar refractivity (Wildman–Crippen MR) is 122 cm³/mol. The highest BCUT2D eigenvalue weighted by atomic mass is 16.6. The molecule has 1 heterocycles. The molecule has 0 aromatic heterocycles. The Morgan fingerprint density at radius 2 is 1.81 bits per heavy atom. The van der Waals surface area contributed by atoms with E-state index >= 15 is 0 Å². The molecule has 1 saturated heterocycles. The number of nitrogens with one attached hydrogen (secondary N) is 2. The molecule has 170 valence electrons. The van der Waals surface area contributed by atoms with Gasteiger partial charge >= 0.3 is 0 Å². The summed E-state index contributed by atoms with van der Waals surface area (Å²) in [4.78, 5) is 38.0. The summed E-state index contributed by atoms with van der Waals surface area (Å²) in [6, 6.07) is 10.7. The Morgan fingerprint density at radius 1 is 1.09 bits per heavy atom. The molecular weight excluding hydrogens is 412 g/mol. The van der Waals surface area contributed by atoms with Crippen molar-refractivity contribution in [1.82, 2.24) is 5.32 Å². The fourth-order valence-corrected chi connectivity index (χ4v) is 3.58. The van der Waals surface area contributed by atoms with Crippen LogP contribution in [0.1, 0.15) is 46.9 Å². The standard InChI is InChI=1S/C23H28N4O5/c1-2-32-15-5-12-24-23(29)20-16-18(8-11-21(20)26-13-3-4-14-26)25-22(28)17-6-9-19(10-7-17)27(30)31/h6-11,16H,2-5,12-15H2,1H3,(H,24,29)(H,25,28). The molecular formula is C23H28N4O5. The van der Waals surface area contributed by atoms with Gasteiger partial charge in [-0.1, -0.05) is 0 Å². The third-order valence-corrected chi connectivity index (χ3v) is 5.24. The summed E-state index contributed by atoms with van der Waals surface area (Å²) in [5, 5.41) is 16.5. The maximum Gasteiger partial charge on any atom is 0.269 e. The normalized spacial score (nSPS) is 13.1. The van der Waals surface area contributed by atoms with Crippen molar-refractivity contribution < 1.29 is 19.2 Å². The summed E-state index contributed by atoms with van der Waals surface area (Å²) >= 11 is 0. The van der Waals surface area contributed by atoms with Gasteiger partial charge in [-0.15, -0.1) is 0 Å². The zero-order valence-corrected chi connectivity index (χ0v) is 18.1. The predicted octanol–water partition coefficient (Wildman–Crippen LogP) is 3.60. The lowest BCUT2D eigenvalue weighted by atomic mass is 10.1. The number of hydrogen-bond donors (Lipinski definition) is 2. The van der Waals surface area contributed by atoms with Crippen molar-refractivity contribution in [1.29, 1.82) is 0 Å². The molecule has 1 aliphatic heterocycles. The number of nitro benzene ring substituents is 1. The third kappa shape index (κ3) is 6.04. The van der Waals surface area contributed by atoms with E-state index in [4.69, 9.17) is 4.74 Å². The second-order valence-corrected chi connectivity index (χ2v) is 7.49. The first-order valence-corrected chi connectivity index (χ1v) is 10.8. The van der Waals surface area contributed by atoms with E-state index in [0.29, 0.717) is 36.6 Å². The number of benzene rings is 2. The lowest BCUT2D eigenvalue weighted by molar-refractivity contribution is -0.384. The molecule has 0 saturated carbocycles. The fraction of sp³-hybridized carbons (Fsp3) is 0.391. The van der Waals surface area contributed by atoms with E-state index in [1.165, 1.54) is 24.3 Å². The minimum atomic E-state index is -0.516. The van der Waals surface area contributed by atoms with E-state index in [-0.39, 0.29) is 11.6 Å². The van der Waals surface area contributed by atoms with Crippen molar-refractivity contribution in [2.45, 2.75) is 26.2 Å². The van der Waals surface area contributed by atoms with Crippen molar-refractivity contribution in [3.8, 4) is 0 Å². The van der Waals surface area contributed by atoms with Gasteiger partial charge in [-0.2, -0.15) is 0 Å². The van der Waals surface area contributed by atoms with Crippen LogP contribution in [0.5, 0.6) is 0 Å². The largest absolute Gasteiger partial charge is 0.382 e. The minimum Gasteiger partial charge on any atom is -0.382 e. The number of rotatable bonds is 10. The van der Waals surface area contributed by atoms with E-state index in [0.717, 1.165) is 38.0 Å². The Bertz CT molecular complexity index is 955. The van der Waals surface area contributed by atoms with Crippen LogP contribution in [0, 0.1) is 10.1 Å². The van der Waals surface area contributed by atoms with E-state index in [1.54, 1.807) is 12.1 Å². The Labute approximate surface area is 186 Å². The summed E-state index contributed by atoms with van der Waals surface area (Å²) in [5.74, 6) is -0.605. The Morgan fingerprint density at radius 3 is 2.47 bits per heavy atom. The second kappa shape index (κ2) is 11.2. The van der Waals surface area contributed by atoms with Gasteiger partial charge in [0.25, 0.3) is 17.5 Å². The van der Waals surface area contributed by atoms with Crippen LogP contribution in [0.4, 0.5) is 17.1 Å². The third-order valence-electron chi connectivity index (χ3n) is 5.24. The molecule has 2 aromatic carbocycles. The number of carbonyl (C=O) groups excluding carboxylic acids is 2. The molecule has 0 unspecified atom stereocenters. The van der Waals surface area contributed by atoms with Crippen LogP contribution < -0.4 is 15.5 Å². The van der Waals surface area contributed by atoms with Crippen LogP contribution in [0.15, 0.2) is 42.5 Å². The molecule has 32 heavy (non-hydrogen) atoms. The quantitative estimate of drug-likeness (QED) is 0.331. The van der Waals surface area contributed by atoms with Crippen LogP contribution in [-0.2, 0) is 4.74 Å². The summed E-state index contributed by atoms with van der Waals surface area (Å²) in [7, 11) is 0. The summed E-state index contributed by atoms with van der Waals surface area (Å²) in [5.41, 5.74) is 2.04. The first kappa shape index (κ1) is 23.2. The summed E-state index contributed by atoms with van der Waals surface area (Å²) in [6.45, 7) is 5.43. The number of hydrogen-bond acceptors (Lipinski definition) is 6. The molecule has 1 aliphatic rings. The van der Waals surface area contributed by atoms with Gasteiger partial charge in [0.2, 0.25) is 0 Å². The van der Waals surface area contributed by atoms with Gasteiger partial charge in [-0.05, 0) is 56.5 Å². The highest BCUT2D eigenvalue weighted by Gasteiger charge is 2.20. The smallest absolute Gasteiger partial charge is 0.269 e. The van der Waals surface area contributed by atoms with Crippen LogP contribution in [0.3, 0.4) is 0 Å². The number of amides is 2. The molecule has 9 heteroatoms. The number of nitrogens with zero attached hydrogens (tertiary/aromatic N) is 2. The van der Waals surface area contributed by atoms with E-state index < -0.39 is 10.8 Å². The average molecular weight is 441 g/mol. The van der Waals surface area contributed by atoms with E-state index in [1.807, 2.05) is 13.0 Å². The van der Waals surface area contributed by atoms with Gasteiger partial charge < -0.3 is 20.3 Å². The molecule has 2 aromatic rings. The first-order chi connectivity index (χ1) is 15.5.